The lowest BCUT2D eigenvalue weighted by Gasteiger charge is -2.33. The van der Waals surface area contributed by atoms with Gasteiger partial charge in [-0.2, -0.15) is 0 Å². The summed E-state index contributed by atoms with van der Waals surface area (Å²) in [5, 5.41) is 4.37. The molecule has 4 aromatic heterocycles. The SMILES string of the molecule is O=C(c1ccc(Nc2ccncc2)cc1)N1CCC(n2c(-c3cc4ccccc4o3)nc3cccnc32)CC1. The van der Waals surface area contributed by atoms with Crippen molar-refractivity contribution in [2.24, 2.45) is 0 Å². The molecule has 0 atom stereocenters. The molecule has 1 N–H and O–H groups in total. The Bertz CT molecular complexity index is 1730. The minimum Gasteiger partial charge on any atom is -0.453 e. The van der Waals surface area contributed by atoms with E-state index in [1.165, 1.54) is 0 Å². The molecule has 192 valence electrons. The van der Waals surface area contributed by atoms with Gasteiger partial charge in [0.15, 0.2) is 17.2 Å². The number of aromatic nitrogens is 4. The largest absolute Gasteiger partial charge is 0.453 e. The molecule has 0 radical (unpaired) electrons. The van der Waals surface area contributed by atoms with E-state index in [1.54, 1.807) is 18.6 Å². The number of hydrogen-bond acceptors (Lipinski definition) is 6. The zero-order valence-corrected chi connectivity index (χ0v) is 21.2. The number of hydrogen-bond donors (Lipinski definition) is 1. The van der Waals surface area contributed by atoms with Crippen LogP contribution in [0.3, 0.4) is 0 Å². The first-order valence-electron chi connectivity index (χ1n) is 13.1. The Balaban J connectivity index is 1.10. The van der Waals surface area contributed by atoms with Crippen molar-refractivity contribution in [2.75, 3.05) is 18.4 Å². The highest BCUT2D eigenvalue weighted by atomic mass is 16.3. The maximum absolute atomic E-state index is 13.3. The van der Waals surface area contributed by atoms with Crippen molar-refractivity contribution in [3.8, 4) is 11.6 Å². The number of para-hydroxylation sites is 1. The molecule has 39 heavy (non-hydrogen) atoms. The fourth-order valence-electron chi connectivity index (χ4n) is 5.35. The second-order valence-corrected chi connectivity index (χ2v) is 9.76. The van der Waals surface area contributed by atoms with Crippen LogP contribution in [0.1, 0.15) is 29.2 Å². The van der Waals surface area contributed by atoms with Crippen LogP contribution in [-0.2, 0) is 0 Å². The van der Waals surface area contributed by atoms with Crippen LogP contribution < -0.4 is 5.32 Å². The van der Waals surface area contributed by atoms with Gasteiger partial charge in [0.2, 0.25) is 0 Å². The molecule has 1 amide bonds. The van der Waals surface area contributed by atoms with Gasteiger partial charge in [-0.25, -0.2) is 9.97 Å². The Kier molecular flexibility index (Phi) is 5.77. The van der Waals surface area contributed by atoms with E-state index in [2.05, 4.69) is 19.9 Å². The number of fused-ring (bicyclic) bond motifs is 2. The molecule has 1 saturated heterocycles. The van der Waals surface area contributed by atoms with Crippen molar-refractivity contribution in [1.82, 2.24) is 24.4 Å². The standard InChI is InChI=1S/C31H26N6O2/c38-31(21-7-9-23(10-8-21)34-24-11-16-32-17-12-24)36-18-13-25(14-19-36)37-29-26(5-3-15-33-29)35-30(37)28-20-22-4-1-2-6-27(22)39-28/h1-12,15-17,20,25H,13-14,18-19H2,(H,32,34). The van der Waals surface area contributed by atoms with E-state index in [-0.39, 0.29) is 11.9 Å². The summed E-state index contributed by atoms with van der Waals surface area (Å²) in [7, 11) is 0. The third kappa shape index (κ3) is 4.40. The second-order valence-electron chi connectivity index (χ2n) is 9.76. The number of benzene rings is 2. The topological polar surface area (TPSA) is 89.1 Å². The van der Waals surface area contributed by atoms with Crippen LogP contribution >= 0.6 is 0 Å². The van der Waals surface area contributed by atoms with Gasteiger partial charge in [0.1, 0.15) is 11.1 Å². The van der Waals surface area contributed by atoms with Crippen molar-refractivity contribution in [1.29, 1.82) is 0 Å². The molecule has 0 unspecified atom stereocenters. The van der Waals surface area contributed by atoms with Gasteiger partial charge in [-0.3, -0.25) is 9.78 Å². The van der Waals surface area contributed by atoms with Gasteiger partial charge in [-0.15, -0.1) is 0 Å². The molecular formula is C31H26N6O2. The van der Waals surface area contributed by atoms with Gasteiger partial charge in [0, 0.05) is 60.0 Å². The summed E-state index contributed by atoms with van der Waals surface area (Å²) in [6, 6.07) is 25.5. The van der Waals surface area contributed by atoms with Crippen LogP contribution in [0, 0.1) is 0 Å². The van der Waals surface area contributed by atoms with Gasteiger partial charge in [0.05, 0.1) is 0 Å². The van der Waals surface area contributed by atoms with E-state index in [0.717, 1.165) is 57.9 Å². The fraction of sp³-hybridized carbons (Fsp3) is 0.161. The van der Waals surface area contributed by atoms with Crippen molar-refractivity contribution in [3.05, 3.63) is 103 Å². The Morgan fingerprint density at radius 2 is 1.64 bits per heavy atom. The molecule has 0 spiro atoms. The number of rotatable bonds is 5. The highest BCUT2D eigenvalue weighted by Gasteiger charge is 2.29. The molecule has 8 heteroatoms. The molecule has 1 fully saturated rings. The molecule has 0 aliphatic carbocycles. The maximum Gasteiger partial charge on any atom is 0.253 e. The molecule has 0 bridgehead atoms. The maximum atomic E-state index is 13.3. The van der Waals surface area contributed by atoms with Crippen molar-refractivity contribution in [2.45, 2.75) is 18.9 Å². The number of amides is 1. The van der Waals surface area contributed by atoms with Crippen LogP contribution in [0.15, 0.2) is 102 Å². The van der Waals surface area contributed by atoms with Gasteiger partial charge < -0.3 is 19.2 Å². The first-order chi connectivity index (χ1) is 19.2. The Labute approximate surface area is 224 Å². The third-order valence-electron chi connectivity index (χ3n) is 7.31. The number of anilines is 2. The smallest absolute Gasteiger partial charge is 0.253 e. The van der Waals surface area contributed by atoms with Crippen LogP contribution in [0.5, 0.6) is 0 Å². The van der Waals surface area contributed by atoms with Crippen molar-refractivity contribution in [3.63, 3.8) is 0 Å². The summed E-state index contributed by atoms with van der Waals surface area (Å²) >= 11 is 0. The number of furan rings is 1. The molecular weight excluding hydrogens is 488 g/mol. The predicted octanol–water partition coefficient (Wildman–Crippen LogP) is 6.46. The van der Waals surface area contributed by atoms with E-state index < -0.39 is 0 Å². The van der Waals surface area contributed by atoms with Crippen LogP contribution in [0.2, 0.25) is 0 Å². The molecule has 6 aromatic rings. The molecule has 7 rings (SSSR count). The van der Waals surface area contributed by atoms with Crippen molar-refractivity contribution < 1.29 is 9.21 Å². The van der Waals surface area contributed by atoms with E-state index in [4.69, 9.17) is 9.40 Å². The minimum atomic E-state index is 0.0510. The fourth-order valence-corrected chi connectivity index (χ4v) is 5.35. The van der Waals surface area contributed by atoms with Crippen LogP contribution in [-0.4, -0.2) is 43.4 Å². The number of nitrogens with zero attached hydrogens (tertiary/aromatic N) is 5. The number of nitrogens with one attached hydrogen (secondary N) is 1. The van der Waals surface area contributed by atoms with E-state index in [0.29, 0.717) is 18.7 Å². The van der Waals surface area contributed by atoms with Crippen molar-refractivity contribution >= 4 is 39.4 Å². The van der Waals surface area contributed by atoms with Gasteiger partial charge in [0.25, 0.3) is 5.91 Å². The predicted molar refractivity (Wildman–Crippen MR) is 151 cm³/mol. The third-order valence-corrected chi connectivity index (χ3v) is 7.31. The monoisotopic (exact) mass is 514 g/mol. The average molecular weight is 515 g/mol. The Hall–Kier alpha value is -4.98. The van der Waals surface area contributed by atoms with Crippen LogP contribution in [0.4, 0.5) is 11.4 Å². The summed E-state index contributed by atoms with van der Waals surface area (Å²) in [5.74, 6) is 1.56. The molecule has 8 nitrogen and oxygen atoms in total. The van der Waals surface area contributed by atoms with Gasteiger partial charge in [-0.1, -0.05) is 18.2 Å². The number of imidazole rings is 1. The summed E-state index contributed by atoms with van der Waals surface area (Å²) < 4.78 is 8.40. The number of carbonyl (C=O) groups excluding carboxylic acids is 1. The summed E-state index contributed by atoms with van der Waals surface area (Å²) in [6.07, 6.45) is 6.90. The first kappa shape index (κ1) is 23.2. The lowest BCUT2D eigenvalue weighted by molar-refractivity contribution is 0.0696. The molecule has 1 aliphatic heterocycles. The molecule has 5 heterocycles. The summed E-state index contributed by atoms with van der Waals surface area (Å²) in [5.41, 5.74) is 5.08. The Morgan fingerprint density at radius 3 is 2.44 bits per heavy atom. The van der Waals surface area contributed by atoms with E-state index >= 15 is 0 Å². The number of likely N-dealkylation sites (tertiary alicyclic amines) is 1. The number of piperidine rings is 1. The van der Waals surface area contributed by atoms with E-state index in [9.17, 15) is 4.79 Å². The lowest BCUT2D eigenvalue weighted by atomic mass is 10.0. The highest BCUT2D eigenvalue weighted by molar-refractivity contribution is 5.94. The molecule has 2 aromatic carbocycles. The lowest BCUT2D eigenvalue weighted by Crippen LogP contribution is -2.39. The van der Waals surface area contributed by atoms with Gasteiger partial charge in [-0.05, 0) is 73.5 Å². The first-order valence-corrected chi connectivity index (χ1v) is 13.1. The summed E-state index contributed by atoms with van der Waals surface area (Å²) in [6.45, 7) is 1.32. The Morgan fingerprint density at radius 1 is 0.872 bits per heavy atom. The second kappa shape index (κ2) is 9.72. The van der Waals surface area contributed by atoms with Crippen LogP contribution in [0.25, 0.3) is 33.7 Å². The molecule has 0 saturated carbocycles. The zero-order chi connectivity index (χ0) is 26.2. The number of carbonyl (C=O) groups is 1. The average Bonchev–Trinajstić information content (AvgIpc) is 3.60. The molecule has 1 aliphatic rings. The van der Waals surface area contributed by atoms with Gasteiger partial charge >= 0.3 is 0 Å². The quantitative estimate of drug-likeness (QED) is 0.284. The normalized spacial score (nSPS) is 14.2. The zero-order valence-electron chi connectivity index (χ0n) is 21.2. The number of pyridine rings is 2. The highest BCUT2D eigenvalue weighted by Crippen LogP contribution is 2.35. The van der Waals surface area contributed by atoms with E-state index in [1.807, 2.05) is 83.8 Å². The summed E-state index contributed by atoms with van der Waals surface area (Å²) in [4.78, 5) is 28.9. The minimum absolute atomic E-state index is 0.0510.